The lowest BCUT2D eigenvalue weighted by Crippen LogP contribution is -2.38. The number of rotatable bonds is 6. The third kappa shape index (κ3) is 4.52. The maximum atomic E-state index is 12.0. The van der Waals surface area contributed by atoms with Gasteiger partial charge < -0.3 is 10.1 Å². The number of hydrogen-bond donors (Lipinski definition) is 2. The first-order valence-electron chi connectivity index (χ1n) is 7.10. The van der Waals surface area contributed by atoms with Gasteiger partial charge in [0.2, 0.25) is 10.0 Å². The second kappa shape index (κ2) is 7.41. The third-order valence-corrected chi connectivity index (χ3v) is 4.67. The number of carbonyl (C=O) groups excluding carboxylic acids is 3. The molecule has 0 spiro atoms. The normalized spacial score (nSPS) is 14.4. The Bertz CT molecular complexity index is 744. The minimum atomic E-state index is -3.85. The Morgan fingerprint density at radius 2 is 1.96 bits per heavy atom. The smallest absolute Gasteiger partial charge is 0.324 e. The van der Waals surface area contributed by atoms with E-state index < -0.39 is 41.1 Å². The van der Waals surface area contributed by atoms with Gasteiger partial charge in [0.05, 0.1) is 4.90 Å². The highest BCUT2D eigenvalue weighted by Crippen LogP contribution is 2.09. The average Bonchev–Trinajstić information content (AvgIpc) is 2.97. The fraction of sp³-hybridized carbons (Fsp3) is 0.357. The number of imide groups is 1. The van der Waals surface area contributed by atoms with Gasteiger partial charge in [-0.3, -0.25) is 14.5 Å². The van der Waals surface area contributed by atoms with Crippen molar-refractivity contribution in [3.63, 3.8) is 0 Å². The summed E-state index contributed by atoms with van der Waals surface area (Å²) in [7, 11) is -3.85. The average molecular weight is 355 g/mol. The highest BCUT2D eigenvalue weighted by molar-refractivity contribution is 7.89. The molecule has 10 heteroatoms. The van der Waals surface area contributed by atoms with Gasteiger partial charge in [-0.15, -0.1) is 0 Å². The third-order valence-electron chi connectivity index (χ3n) is 3.25. The van der Waals surface area contributed by atoms with Crippen molar-refractivity contribution >= 4 is 27.9 Å². The molecule has 0 unspecified atom stereocenters. The number of esters is 1. The van der Waals surface area contributed by atoms with E-state index in [4.69, 9.17) is 0 Å². The number of hydrogen-bond acceptors (Lipinski definition) is 6. The molecular weight excluding hydrogens is 338 g/mol. The fourth-order valence-corrected chi connectivity index (χ4v) is 2.90. The molecule has 1 aromatic carbocycles. The number of benzene rings is 1. The first-order valence-corrected chi connectivity index (χ1v) is 8.58. The summed E-state index contributed by atoms with van der Waals surface area (Å²) >= 11 is 0. The molecule has 3 amide bonds. The summed E-state index contributed by atoms with van der Waals surface area (Å²) in [6.07, 6.45) is 0. The molecule has 24 heavy (non-hydrogen) atoms. The topological polar surface area (TPSA) is 122 Å². The Morgan fingerprint density at radius 1 is 1.29 bits per heavy atom. The summed E-state index contributed by atoms with van der Waals surface area (Å²) in [6, 6.07) is 5.55. The first-order chi connectivity index (χ1) is 11.3. The predicted octanol–water partition coefficient (Wildman–Crippen LogP) is -0.632. The van der Waals surface area contributed by atoms with Crippen LogP contribution < -0.4 is 10.0 Å². The fourth-order valence-electron chi connectivity index (χ4n) is 1.94. The van der Waals surface area contributed by atoms with E-state index in [1.807, 2.05) is 6.92 Å². The van der Waals surface area contributed by atoms with Crippen molar-refractivity contribution in [1.82, 2.24) is 14.9 Å². The zero-order valence-corrected chi connectivity index (χ0v) is 13.8. The van der Waals surface area contributed by atoms with Crippen LogP contribution in [0.15, 0.2) is 29.2 Å². The number of nitrogens with zero attached hydrogens (tertiary/aromatic N) is 1. The van der Waals surface area contributed by atoms with Crippen LogP contribution in [0.1, 0.15) is 5.56 Å². The lowest BCUT2D eigenvalue weighted by Gasteiger charge is -2.12. The Labute approximate surface area is 139 Å². The van der Waals surface area contributed by atoms with Crippen molar-refractivity contribution in [1.29, 1.82) is 0 Å². The molecule has 2 rings (SSSR count). The Balaban J connectivity index is 1.81. The number of ether oxygens (including phenoxy) is 1. The number of amides is 3. The van der Waals surface area contributed by atoms with Crippen molar-refractivity contribution in [2.75, 3.05) is 26.2 Å². The highest BCUT2D eigenvalue weighted by Gasteiger charge is 2.26. The molecule has 0 radical (unpaired) electrons. The molecule has 0 saturated carbocycles. The standard InChI is InChI=1S/C14H17N3O6S/c1-10-2-4-11(5-3-10)24(21,22)16-8-13(19)23-9-12(18)17-7-6-15-14(17)20/h2-5,16H,6-9H2,1H3,(H,15,20). The first kappa shape index (κ1) is 17.9. The molecule has 1 saturated heterocycles. The van der Waals surface area contributed by atoms with E-state index in [0.29, 0.717) is 6.54 Å². The van der Waals surface area contributed by atoms with Gasteiger partial charge in [0.1, 0.15) is 6.54 Å². The van der Waals surface area contributed by atoms with E-state index in [9.17, 15) is 22.8 Å². The zero-order chi connectivity index (χ0) is 17.7. The SMILES string of the molecule is Cc1ccc(S(=O)(=O)NCC(=O)OCC(=O)N2CCNC2=O)cc1. The van der Waals surface area contributed by atoms with Crippen LogP contribution in [-0.4, -0.2) is 57.5 Å². The summed E-state index contributed by atoms with van der Waals surface area (Å²) in [5.41, 5.74) is 0.901. The summed E-state index contributed by atoms with van der Waals surface area (Å²) < 4.78 is 30.8. The van der Waals surface area contributed by atoms with E-state index in [1.54, 1.807) is 12.1 Å². The van der Waals surface area contributed by atoms with E-state index in [2.05, 4.69) is 14.8 Å². The van der Waals surface area contributed by atoms with Crippen LogP contribution in [0, 0.1) is 6.92 Å². The molecule has 1 fully saturated rings. The van der Waals surface area contributed by atoms with E-state index in [1.165, 1.54) is 12.1 Å². The van der Waals surface area contributed by atoms with Crippen molar-refractivity contribution in [2.45, 2.75) is 11.8 Å². The van der Waals surface area contributed by atoms with Crippen LogP contribution in [0.25, 0.3) is 0 Å². The molecule has 0 aliphatic carbocycles. The maximum Gasteiger partial charge on any atom is 0.324 e. The van der Waals surface area contributed by atoms with Crippen LogP contribution >= 0.6 is 0 Å². The minimum absolute atomic E-state index is 0.0192. The second-order valence-corrected chi connectivity index (χ2v) is 6.84. The van der Waals surface area contributed by atoms with Gasteiger partial charge in [0.25, 0.3) is 5.91 Å². The van der Waals surface area contributed by atoms with Crippen LogP contribution in [0.3, 0.4) is 0 Å². The molecule has 0 aromatic heterocycles. The van der Waals surface area contributed by atoms with Gasteiger partial charge in [-0.1, -0.05) is 17.7 Å². The van der Waals surface area contributed by atoms with Crippen molar-refractivity contribution in [3.05, 3.63) is 29.8 Å². The lowest BCUT2D eigenvalue weighted by atomic mass is 10.2. The van der Waals surface area contributed by atoms with Crippen LogP contribution in [-0.2, 0) is 24.3 Å². The van der Waals surface area contributed by atoms with Crippen molar-refractivity contribution in [2.24, 2.45) is 0 Å². The highest BCUT2D eigenvalue weighted by atomic mass is 32.2. The molecule has 0 bridgehead atoms. The minimum Gasteiger partial charge on any atom is -0.455 e. The van der Waals surface area contributed by atoms with E-state index in [-0.39, 0.29) is 11.4 Å². The number of carbonyl (C=O) groups is 3. The van der Waals surface area contributed by atoms with Gasteiger partial charge in [-0.05, 0) is 19.1 Å². The predicted molar refractivity (Wildman–Crippen MR) is 82.4 cm³/mol. The lowest BCUT2D eigenvalue weighted by molar-refractivity contribution is -0.149. The van der Waals surface area contributed by atoms with Crippen LogP contribution in [0.5, 0.6) is 0 Å². The number of sulfonamides is 1. The van der Waals surface area contributed by atoms with E-state index >= 15 is 0 Å². The summed E-state index contributed by atoms with van der Waals surface area (Å²) in [5, 5.41) is 2.44. The summed E-state index contributed by atoms with van der Waals surface area (Å²) in [5.74, 6) is -1.58. The van der Waals surface area contributed by atoms with Crippen molar-refractivity contribution < 1.29 is 27.5 Å². The summed E-state index contributed by atoms with van der Waals surface area (Å²) in [6.45, 7) is 1.12. The van der Waals surface area contributed by atoms with E-state index in [0.717, 1.165) is 10.5 Å². The molecule has 130 valence electrons. The quantitative estimate of drug-likeness (QED) is 0.655. The largest absolute Gasteiger partial charge is 0.455 e. The molecule has 2 N–H and O–H groups in total. The molecule has 1 aromatic rings. The molecular formula is C14H17N3O6S. The molecule has 0 atom stereocenters. The van der Waals surface area contributed by atoms with Gasteiger partial charge in [-0.25, -0.2) is 13.2 Å². The second-order valence-electron chi connectivity index (χ2n) is 5.08. The molecule has 1 aliphatic rings. The number of nitrogens with one attached hydrogen (secondary N) is 2. The number of aryl methyl sites for hydroxylation is 1. The molecule has 1 heterocycles. The van der Waals surface area contributed by atoms with Gasteiger partial charge in [0, 0.05) is 13.1 Å². The van der Waals surface area contributed by atoms with Crippen LogP contribution in [0.2, 0.25) is 0 Å². The van der Waals surface area contributed by atoms with Gasteiger partial charge in [0.15, 0.2) is 6.61 Å². The monoisotopic (exact) mass is 355 g/mol. The van der Waals surface area contributed by atoms with Gasteiger partial charge in [-0.2, -0.15) is 4.72 Å². The van der Waals surface area contributed by atoms with Crippen LogP contribution in [0.4, 0.5) is 4.79 Å². The zero-order valence-electron chi connectivity index (χ0n) is 12.9. The van der Waals surface area contributed by atoms with Gasteiger partial charge >= 0.3 is 12.0 Å². The summed E-state index contributed by atoms with van der Waals surface area (Å²) in [4.78, 5) is 35.4. The molecule has 1 aliphatic heterocycles. The van der Waals surface area contributed by atoms with Crippen molar-refractivity contribution in [3.8, 4) is 0 Å². The Morgan fingerprint density at radius 3 is 2.54 bits per heavy atom. The number of urea groups is 1. The molecule has 9 nitrogen and oxygen atoms in total. The Hall–Kier alpha value is -2.46. The maximum absolute atomic E-state index is 12.0. The Kier molecular flexibility index (Phi) is 5.52.